The number of nitrogens with zero attached hydrogens (tertiary/aromatic N) is 6. The number of benzene rings is 4. The van der Waals surface area contributed by atoms with Gasteiger partial charge >= 0.3 is 18.3 Å². The van der Waals surface area contributed by atoms with E-state index in [1.165, 1.54) is 45.6 Å². The summed E-state index contributed by atoms with van der Waals surface area (Å²) in [7, 11) is 6.24. The van der Waals surface area contributed by atoms with Crippen molar-refractivity contribution in [3.05, 3.63) is 95.7 Å². The minimum absolute atomic E-state index is 0.0149. The van der Waals surface area contributed by atoms with Gasteiger partial charge in [-0.3, -0.25) is 4.79 Å². The zero-order valence-corrected chi connectivity index (χ0v) is 37.4. The molecule has 5 aromatic rings. The highest BCUT2D eigenvalue weighted by Gasteiger charge is 2.30. The Labute approximate surface area is 375 Å². The third kappa shape index (κ3) is 10.9. The molecule has 4 amide bonds. The van der Waals surface area contributed by atoms with E-state index in [9.17, 15) is 24.3 Å². The van der Waals surface area contributed by atoms with Crippen molar-refractivity contribution in [1.82, 2.24) is 20.0 Å². The van der Waals surface area contributed by atoms with Crippen LogP contribution in [0, 0.1) is 0 Å². The van der Waals surface area contributed by atoms with Gasteiger partial charge in [0.2, 0.25) is 12.5 Å². The minimum Gasteiger partial charge on any atom is -0.507 e. The fourth-order valence-electron chi connectivity index (χ4n) is 6.97. The number of methoxy groups -OCH3 is 1. The number of amides is 4. The molecule has 0 aliphatic carbocycles. The van der Waals surface area contributed by atoms with Crippen LogP contribution in [0.4, 0.5) is 25.8 Å². The SMILES string of the molecule is COc1ccc2cc3[n+](cc2c1OC(=O)N(C)CCNC(=O)c1cc(/N=N/c2ccc(COC(=O)N(C)CCN(C)C(=O)OC(C)(C)C)cc2)ccc1O)CCc1cc2c(cc1-3)OCO2. The molecule has 2 aliphatic heterocycles. The minimum atomic E-state index is -0.658. The number of carbonyl (C=O) groups is 4. The molecule has 3 heterocycles. The van der Waals surface area contributed by atoms with Gasteiger partial charge < -0.3 is 53.5 Å². The maximum atomic E-state index is 13.4. The molecule has 0 bridgehead atoms. The van der Waals surface area contributed by atoms with E-state index in [2.05, 4.69) is 26.2 Å². The standard InChI is InChI=1S/C47H51N7O11/c1-47(2,3)65-46(59)53(6)21-20-52(5)44(57)61-27-29-8-11-32(12-9-29)49-50-33-13-14-38(55)35(24-33)43(56)48-17-19-51(4)45(58)64-42-36-26-54-18-16-31-23-40-41(63-28-62-40)25-34(31)37(54)22-30(36)10-15-39(42)60-7/h8-15,22-26H,16-21,27-28H2,1-7H3,(H-,48,49,55,56)/p+1. The van der Waals surface area contributed by atoms with E-state index in [1.54, 1.807) is 72.2 Å². The number of fused-ring (bicyclic) bond motifs is 5. The van der Waals surface area contributed by atoms with Crippen molar-refractivity contribution in [2.45, 2.75) is 45.9 Å². The number of ether oxygens (including phenoxy) is 6. The van der Waals surface area contributed by atoms with Crippen molar-refractivity contribution in [3.63, 3.8) is 0 Å². The smallest absolute Gasteiger partial charge is 0.415 e. The lowest BCUT2D eigenvalue weighted by atomic mass is 9.95. The van der Waals surface area contributed by atoms with Gasteiger partial charge in [0.15, 0.2) is 35.7 Å². The van der Waals surface area contributed by atoms with Gasteiger partial charge in [-0.15, -0.1) is 0 Å². The molecule has 2 aliphatic rings. The van der Waals surface area contributed by atoms with E-state index in [4.69, 9.17) is 28.4 Å². The predicted octanol–water partition coefficient (Wildman–Crippen LogP) is 7.50. The van der Waals surface area contributed by atoms with Crippen LogP contribution >= 0.6 is 0 Å². The van der Waals surface area contributed by atoms with Gasteiger partial charge in [-0.1, -0.05) is 12.1 Å². The molecule has 0 atom stereocenters. The van der Waals surface area contributed by atoms with E-state index in [0.29, 0.717) is 40.4 Å². The summed E-state index contributed by atoms with van der Waals surface area (Å²) < 4.78 is 35.6. The summed E-state index contributed by atoms with van der Waals surface area (Å²) in [5, 5.41) is 23.2. The lowest BCUT2D eigenvalue weighted by molar-refractivity contribution is -0.686. The molecule has 65 heavy (non-hydrogen) atoms. The summed E-state index contributed by atoms with van der Waals surface area (Å²) in [6, 6.07) is 20.9. The van der Waals surface area contributed by atoms with Crippen molar-refractivity contribution in [3.8, 4) is 40.0 Å². The third-order valence-corrected chi connectivity index (χ3v) is 10.6. The highest BCUT2D eigenvalue weighted by atomic mass is 16.7. The highest BCUT2D eigenvalue weighted by molar-refractivity contribution is 5.97. The first-order valence-corrected chi connectivity index (χ1v) is 20.9. The van der Waals surface area contributed by atoms with Gasteiger partial charge in [0.1, 0.15) is 18.0 Å². The number of phenols is 1. The van der Waals surface area contributed by atoms with Gasteiger partial charge in [0, 0.05) is 59.8 Å². The van der Waals surface area contributed by atoms with E-state index in [1.807, 2.05) is 24.4 Å². The average Bonchev–Trinajstić information content (AvgIpc) is 3.75. The Morgan fingerprint density at radius 3 is 2.22 bits per heavy atom. The Morgan fingerprint density at radius 2 is 1.49 bits per heavy atom. The van der Waals surface area contributed by atoms with E-state index < -0.39 is 29.8 Å². The molecule has 0 spiro atoms. The normalized spacial score (nSPS) is 12.5. The van der Waals surface area contributed by atoms with Crippen LogP contribution in [0.3, 0.4) is 0 Å². The molecule has 0 radical (unpaired) electrons. The highest BCUT2D eigenvalue weighted by Crippen LogP contribution is 2.42. The van der Waals surface area contributed by atoms with Crippen molar-refractivity contribution in [2.75, 3.05) is 61.2 Å². The number of azo groups is 1. The molecular formula is C47H52N7O11+. The molecule has 0 saturated carbocycles. The summed E-state index contributed by atoms with van der Waals surface area (Å²) in [6.07, 6.45) is 1.06. The molecule has 0 saturated heterocycles. The number of carbonyl (C=O) groups excluding carboxylic acids is 4. The first kappa shape index (κ1) is 45.4. The molecule has 7 rings (SSSR count). The molecule has 340 valence electrons. The molecule has 18 heteroatoms. The van der Waals surface area contributed by atoms with Gasteiger partial charge in [-0.25, -0.2) is 14.4 Å². The Bertz CT molecular complexity index is 2650. The maximum Gasteiger partial charge on any atom is 0.415 e. The van der Waals surface area contributed by atoms with Crippen molar-refractivity contribution in [2.24, 2.45) is 10.2 Å². The second-order valence-corrected chi connectivity index (χ2v) is 16.6. The van der Waals surface area contributed by atoms with Gasteiger partial charge in [0.25, 0.3) is 5.91 Å². The third-order valence-electron chi connectivity index (χ3n) is 10.6. The van der Waals surface area contributed by atoms with Crippen LogP contribution in [0.25, 0.3) is 22.0 Å². The Morgan fingerprint density at radius 1 is 0.815 bits per heavy atom. The molecule has 2 N–H and O–H groups in total. The van der Waals surface area contributed by atoms with Crippen LogP contribution < -0.4 is 28.8 Å². The number of pyridine rings is 1. The number of aryl methyl sites for hydroxylation is 2. The Kier molecular flexibility index (Phi) is 13.6. The molecule has 0 fully saturated rings. The summed E-state index contributed by atoms with van der Waals surface area (Å²) in [4.78, 5) is 55.4. The topological polar surface area (TPSA) is 194 Å². The summed E-state index contributed by atoms with van der Waals surface area (Å²) in [5.41, 5.74) is 4.09. The number of aromatic hydroxyl groups is 1. The second kappa shape index (κ2) is 19.4. The number of nitrogens with one attached hydrogen (secondary N) is 1. The Balaban J connectivity index is 0.897. The fraction of sp³-hybridized carbons (Fsp3) is 0.340. The predicted molar refractivity (Wildman–Crippen MR) is 237 cm³/mol. The zero-order valence-electron chi connectivity index (χ0n) is 37.4. The van der Waals surface area contributed by atoms with Crippen LogP contribution in [-0.2, 0) is 29.0 Å². The Hall–Kier alpha value is -7.63. The van der Waals surface area contributed by atoms with Crippen LogP contribution in [0.1, 0.15) is 42.3 Å². The first-order chi connectivity index (χ1) is 31.1. The number of phenolic OH excluding ortho intramolecular Hbond substituents is 1. The van der Waals surface area contributed by atoms with Crippen molar-refractivity contribution < 1.29 is 57.3 Å². The summed E-state index contributed by atoms with van der Waals surface area (Å²) in [6.45, 7) is 6.92. The first-order valence-electron chi connectivity index (χ1n) is 20.9. The molecule has 18 nitrogen and oxygen atoms in total. The number of aromatic nitrogens is 1. The summed E-state index contributed by atoms with van der Waals surface area (Å²) in [5.74, 6) is 1.28. The quantitative estimate of drug-likeness (QED) is 0.0878. The fourth-order valence-corrected chi connectivity index (χ4v) is 6.97. The van der Waals surface area contributed by atoms with E-state index in [0.717, 1.165) is 28.8 Å². The number of hydrogen-bond donors (Lipinski definition) is 2. The lowest BCUT2D eigenvalue weighted by Crippen LogP contribution is -2.40. The van der Waals surface area contributed by atoms with Gasteiger partial charge in [0.05, 0.1) is 35.0 Å². The zero-order chi connectivity index (χ0) is 46.4. The summed E-state index contributed by atoms with van der Waals surface area (Å²) >= 11 is 0. The van der Waals surface area contributed by atoms with E-state index in [-0.39, 0.29) is 56.6 Å². The molecule has 1 aromatic heterocycles. The number of rotatable bonds is 13. The average molecular weight is 891 g/mol. The second-order valence-electron chi connectivity index (χ2n) is 16.6. The van der Waals surface area contributed by atoms with Crippen molar-refractivity contribution >= 4 is 46.3 Å². The lowest BCUT2D eigenvalue weighted by Gasteiger charge is -2.26. The van der Waals surface area contributed by atoms with Crippen LogP contribution in [0.5, 0.6) is 28.7 Å². The van der Waals surface area contributed by atoms with Crippen LogP contribution in [0.2, 0.25) is 0 Å². The van der Waals surface area contributed by atoms with Gasteiger partial charge in [-0.05, 0) is 91.9 Å². The largest absolute Gasteiger partial charge is 0.507 e. The van der Waals surface area contributed by atoms with Gasteiger partial charge in [-0.2, -0.15) is 14.8 Å². The number of likely N-dealkylation sites (N-methyl/N-ethyl adjacent to an activating group) is 3. The molecule has 4 aromatic carbocycles. The monoisotopic (exact) mass is 890 g/mol. The molecule has 0 unspecified atom stereocenters. The molecular weight excluding hydrogens is 839 g/mol. The maximum absolute atomic E-state index is 13.4. The van der Waals surface area contributed by atoms with Crippen molar-refractivity contribution in [1.29, 1.82) is 0 Å². The van der Waals surface area contributed by atoms with Crippen LogP contribution in [-0.4, -0.2) is 111 Å². The van der Waals surface area contributed by atoms with E-state index >= 15 is 0 Å². The van der Waals surface area contributed by atoms with Crippen LogP contribution in [0.15, 0.2) is 89.2 Å². The number of hydrogen-bond acceptors (Lipinski definition) is 13.